The monoisotopic (exact) mass is 275 g/mol. The Morgan fingerprint density at radius 3 is 2.80 bits per heavy atom. The minimum absolute atomic E-state index is 0.370. The minimum atomic E-state index is 0.370. The van der Waals surface area contributed by atoms with E-state index in [1.807, 2.05) is 6.20 Å². The number of nitrogens with one attached hydrogen (secondary N) is 1. The maximum Gasteiger partial charge on any atom is 0.133 e. The van der Waals surface area contributed by atoms with Gasteiger partial charge in [-0.05, 0) is 51.6 Å². The fourth-order valence-corrected chi connectivity index (χ4v) is 2.83. The predicted octanol–water partition coefficient (Wildman–Crippen LogP) is 3.77. The van der Waals surface area contributed by atoms with Crippen molar-refractivity contribution in [1.29, 1.82) is 0 Å². The van der Waals surface area contributed by atoms with Crippen molar-refractivity contribution >= 4 is 5.82 Å². The maximum atomic E-state index is 4.68. The van der Waals surface area contributed by atoms with Crippen LogP contribution in [0, 0.1) is 5.92 Å². The van der Waals surface area contributed by atoms with E-state index in [4.69, 9.17) is 0 Å². The summed E-state index contributed by atoms with van der Waals surface area (Å²) in [6, 6.07) is 4.65. The molecule has 0 amide bonds. The first-order valence-electron chi connectivity index (χ1n) is 8.19. The standard InChI is InChI=1S/C17H29N3/c1-4-11-18-14(3)16-10-7-12-19-17(16)20(5-2)13-15-8-6-9-15/h7,10,12,14-15,18H,4-6,8-9,11,13H2,1-3H3. The zero-order valence-corrected chi connectivity index (χ0v) is 13.2. The molecule has 0 saturated heterocycles. The molecular formula is C17H29N3. The Bertz CT molecular complexity index is 401. The fourth-order valence-electron chi connectivity index (χ4n) is 2.83. The molecule has 3 nitrogen and oxygen atoms in total. The zero-order chi connectivity index (χ0) is 14.4. The van der Waals surface area contributed by atoms with Gasteiger partial charge in [-0.1, -0.05) is 19.4 Å². The smallest absolute Gasteiger partial charge is 0.133 e. The number of rotatable bonds is 8. The van der Waals surface area contributed by atoms with Crippen molar-refractivity contribution < 1.29 is 0 Å². The summed E-state index contributed by atoms with van der Waals surface area (Å²) in [4.78, 5) is 7.14. The number of anilines is 1. The van der Waals surface area contributed by atoms with E-state index < -0.39 is 0 Å². The Morgan fingerprint density at radius 2 is 2.20 bits per heavy atom. The lowest BCUT2D eigenvalue weighted by Crippen LogP contribution is -2.34. The van der Waals surface area contributed by atoms with E-state index in [1.165, 1.54) is 43.6 Å². The molecule has 112 valence electrons. The highest BCUT2D eigenvalue weighted by atomic mass is 15.2. The molecule has 1 aromatic rings. The summed E-state index contributed by atoms with van der Waals surface area (Å²) in [7, 11) is 0. The van der Waals surface area contributed by atoms with Gasteiger partial charge in [-0.3, -0.25) is 0 Å². The number of hydrogen-bond donors (Lipinski definition) is 1. The van der Waals surface area contributed by atoms with Gasteiger partial charge in [0, 0.05) is 30.9 Å². The molecule has 1 aliphatic rings. The van der Waals surface area contributed by atoms with Crippen LogP contribution in [-0.4, -0.2) is 24.6 Å². The van der Waals surface area contributed by atoms with Crippen LogP contribution in [0.4, 0.5) is 5.82 Å². The van der Waals surface area contributed by atoms with E-state index in [0.29, 0.717) is 6.04 Å². The molecule has 2 rings (SSSR count). The van der Waals surface area contributed by atoms with Crippen LogP contribution < -0.4 is 10.2 Å². The van der Waals surface area contributed by atoms with Gasteiger partial charge in [0.25, 0.3) is 0 Å². The molecule has 1 unspecified atom stereocenters. The number of pyridine rings is 1. The van der Waals surface area contributed by atoms with Crippen LogP contribution in [0.3, 0.4) is 0 Å². The van der Waals surface area contributed by atoms with Crippen LogP contribution in [0.5, 0.6) is 0 Å². The van der Waals surface area contributed by atoms with Crippen LogP contribution in [0.1, 0.15) is 58.1 Å². The Labute approximate surface area is 123 Å². The molecule has 0 aliphatic heterocycles. The highest BCUT2D eigenvalue weighted by molar-refractivity contribution is 5.48. The second kappa shape index (κ2) is 7.63. The van der Waals surface area contributed by atoms with Crippen molar-refractivity contribution in [2.45, 2.75) is 52.5 Å². The Kier molecular flexibility index (Phi) is 5.84. The highest BCUT2D eigenvalue weighted by Crippen LogP contribution is 2.30. The first-order chi connectivity index (χ1) is 9.76. The summed E-state index contributed by atoms with van der Waals surface area (Å²) >= 11 is 0. The van der Waals surface area contributed by atoms with Crippen molar-refractivity contribution in [3.63, 3.8) is 0 Å². The second-order valence-electron chi connectivity index (χ2n) is 5.93. The first-order valence-corrected chi connectivity index (χ1v) is 8.19. The molecule has 20 heavy (non-hydrogen) atoms. The number of hydrogen-bond acceptors (Lipinski definition) is 3. The van der Waals surface area contributed by atoms with Gasteiger partial charge in [-0.2, -0.15) is 0 Å². The lowest BCUT2D eigenvalue weighted by Gasteiger charge is -2.34. The Hall–Kier alpha value is -1.09. The summed E-state index contributed by atoms with van der Waals surface area (Å²) in [6.07, 6.45) is 7.28. The molecule has 1 aromatic heterocycles. The molecule has 0 bridgehead atoms. The van der Waals surface area contributed by atoms with Gasteiger partial charge < -0.3 is 10.2 Å². The lowest BCUT2D eigenvalue weighted by atomic mass is 9.85. The molecule has 1 heterocycles. The number of nitrogens with zero attached hydrogens (tertiary/aromatic N) is 2. The molecule has 0 spiro atoms. The average Bonchev–Trinajstić information content (AvgIpc) is 2.44. The molecule has 1 N–H and O–H groups in total. The van der Waals surface area contributed by atoms with Crippen molar-refractivity contribution in [3.8, 4) is 0 Å². The third-order valence-corrected chi connectivity index (χ3v) is 4.37. The third-order valence-electron chi connectivity index (χ3n) is 4.37. The van der Waals surface area contributed by atoms with Crippen LogP contribution in [0.25, 0.3) is 0 Å². The molecule has 1 atom stereocenters. The molecule has 0 aromatic carbocycles. The molecule has 1 fully saturated rings. The van der Waals surface area contributed by atoms with Crippen molar-refractivity contribution in [1.82, 2.24) is 10.3 Å². The Balaban J connectivity index is 2.11. The van der Waals surface area contributed by atoms with E-state index in [9.17, 15) is 0 Å². The average molecular weight is 275 g/mol. The van der Waals surface area contributed by atoms with Gasteiger partial charge in [0.15, 0.2) is 0 Å². The summed E-state index contributed by atoms with van der Waals surface area (Å²) < 4.78 is 0. The van der Waals surface area contributed by atoms with Crippen LogP contribution >= 0.6 is 0 Å². The van der Waals surface area contributed by atoms with Crippen LogP contribution in [0.2, 0.25) is 0 Å². The van der Waals surface area contributed by atoms with Gasteiger partial charge in [0.05, 0.1) is 0 Å². The van der Waals surface area contributed by atoms with Gasteiger partial charge in [-0.15, -0.1) is 0 Å². The summed E-state index contributed by atoms with van der Waals surface area (Å²) in [5, 5.41) is 3.58. The highest BCUT2D eigenvalue weighted by Gasteiger charge is 2.23. The molecule has 1 saturated carbocycles. The first kappa shape index (κ1) is 15.3. The quantitative estimate of drug-likeness (QED) is 0.783. The minimum Gasteiger partial charge on any atom is -0.356 e. The lowest BCUT2D eigenvalue weighted by molar-refractivity contribution is 0.317. The maximum absolute atomic E-state index is 4.68. The topological polar surface area (TPSA) is 28.2 Å². The normalized spacial score (nSPS) is 16.8. The SMILES string of the molecule is CCCNC(C)c1cccnc1N(CC)CC1CCC1. The van der Waals surface area contributed by atoms with Gasteiger partial charge in [-0.25, -0.2) is 4.98 Å². The molecule has 3 heteroatoms. The van der Waals surface area contributed by atoms with E-state index in [-0.39, 0.29) is 0 Å². The van der Waals surface area contributed by atoms with Crippen molar-refractivity contribution in [3.05, 3.63) is 23.9 Å². The van der Waals surface area contributed by atoms with E-state index in [2.05, 4.69) is 48.1 Å². The fraction of sp³-hybridized carbons (Fsp3) is 0.706. The summed E-state index contributed by atoms with van der Waals surface area (Å²) in [5.41, 5.74) is 1.34. The largest absolute Gasteiger partial charge is 0.356 e. The predicted molar refractivity (Wildman–Crippen MR) is 86.2 cm³/mol. The molecule has 0 radical (unpaired) electrons. The zero-order valence-electron chi connectivity index (χ0n) is 13.2. The number of aromatic nitrogens is 1. The van der Waals surface area contributed by atoms with Crippen molar-refractivity contribution in [2.24, 2.45) is 5.92 Å². The second-order valence-corrected chi connectivity index (χ2v) is 5.93. The van der Waals surface area contributed by atoms with E-state index >= 15 is 0 Å². The third kappa shape index (κ3) is 3.72. The molecule has 1 aliphatic carbocycles. The summed E-state index contributed by atoms with van der Waals surface area (Å²) in [6.45, 7) is 9.96. The van der Waals surface area contributed by atoms with Crippen LogP contribution in [0.15, 0.2) is 18.3 Å². The van der Waals surface area contributed by atoms with E-state index in [1.54, 1.807) is 0 Å². The van der Waals surface area contributed by atoms with Crippen LogP contribution in [-0.2, 0) is 0 Å². The van der Waals surface area contributed by atoms with Gasteiger partial charge in [0.1, 0.15) is 5.82 Å². The van der Waals surface area contributed by atoms with Gasteiger partial charge in [0.2, 0.25) is 0 Å². The summed E-state index contributed by atoms with van der Waals surface area (Å²) in [5.74, 6) is 2.06. The Morgan fingerprint density at radius 1 is 1.40 bits per heavy atom. The van der Waals surface area contributed by atoms with Crippen molar-refractivity contribution in [2.75, 3.05) is 24.5 Å². The van der Waals surface area contributed by atoms with Gasteiger partial charge >= 0.3 is 0 Å². The molecular weight excluding hydrogens is 246 g/mol. The van der Waals surface area contributed by atoms with E-state index in [0.717, 1.165) is 19.0 Å².